The minimum atomic E-state index is 0.647. The summed E-state index contributed by atoms with van der Waals surface area (Å²) in [6.07, 6.45) is 1.21. The third-order valence-electron chi connectivity index (χ3n) is 1.96. The summed E-state index contributed by atoms with van der Waals surface area (Å²) in [7, 11) is 0. The first-order valence-electron chi connectivity index (χ1n) is 4.71. The van der Waals surface area contributed by atoms with Gasteiger partial charge in [-0.15, -0.1) is 11.8 Å². The summed E-state index contributed by atoms with van der Waals surface area (Å²) in [6, 6.07) is 6.34. The molecule has 0 atom stereocenters. The Morgan fingerprint density at radius 2 is 2.15 bits per heavy atom. The van der Waals surface area contributed by atoms with Gasteiger partial charge in [0.05, 0.1) is 0 Å². The van der Waals surface area contributed by atoms with Gasteiger partial charge in [0.1, 0.15) is 0 Å². The Kier molecular flexibility index (Phi) is 4.33. The Balaban J connectivity index is 2.87. The first kappa shape index (κ1) is 10.6. The van der Waals surface area contributed by atoms with Crippen LogP contribution in [0.15, 0.2) is 23.1 Å². The fourth-order valence-corrected chi connectivity index (χ4v) is 2.33. The lowest BCUT2D eigenvalue weighted by Gasteiger charge is -2.09. The molecule has 0 bridgehead atoms. The highest BCUT2D eigenvalue weighted by Crippen LogP contribution is 2.26. The molecule has 2 N–H and O–H groups in total. The molecule has 72 valence electrons. The molecule has 0 spiro atoms. The second-order valence-corrected chi connectivity index (χ2v) is 4.22. The normalized spacial score (nSPS) is 10.4. The molecule has 0 aliphatic carbocycles. The molecule has 0 saturated carbocycles. The Morgan fingerprint density at radius 1 is 1.38 bits per heavy atom. The molecule has 13 heavy (non-hydrogen) atoms. The van der Waals surface area contributed by atoms with Crippen molar-refractivity contribution in [1.82, 2.24) is 0 Å². The molecule has 1 rings (SSSR count). The predicted molar refractivity (Wildman–Crippen MR) is 60.1 cm³/mol. The van der Waals surface area contributed by atoms with Gasteiger partial charge in [0, 0.05) is 11.4 Å². The van der Waals surface area contributed by atoms with Crippen molar-refractivity contribution in [3.05, 3.63) is 29.3 Å². The molecule has 0 saturated heterocycles. The van der Waals surface area contributed by atoms with E-state index in [4.69, 9.17) is 5.73 Å². The van der Waals surface area contributed by atoms with Crippen molar-refractivity contribution in [2.75, 3.05) is 5.75 Å². The molecule has 0 aromatic heterocycles. The topological polar surface area (TPSA) is 26.0 Å². The average molecular weight is 195 g/mol. The van der Waals surface area contributed by atoms with Gasteiger partial charge in [-0.05, 0) is 30.2 Å². The molecule has 1 aromatic carbocycles. The Morgan fingerprint density at radius 3 is 2.77 bits per heavy atom. The number of hydrogen-bond donors (Lipinski definition) is 1. The number of hydrogen-bond acceptors (Lipinski definition) is 2. The van der Waals surface area contributed by atoms with Gasteiger partial charge >= 0.3 is 0 Å². The van der Waals surface area contributed by atoms with Crippen LogP contribution in [0, 0.1) is 6.92 Å². The van der Waals surface area contributed by atoms with Gasteiger partial charge in [-0.25, -0.2) is 0 Å². The van der Waals surface area contributed by atoms with Crippen LogP contribution in [0.4, 0.5) is 0 Å². The molecule has 0 amide bonds. The maximum absolute atomic E-state index is 5.68. The van der Waals surface area contributed by atoms with E-state index in [0.29, 0.717) is 6.54 Å². The van der Waals surface area contributed by atoms with Crippen molar-refractivity contribution in [3.63, 3.8) is 0 Å². The van der Waals surface area contributed by atoms with Crippen molar-refractivity contribution in [2.45, 2.75) is 31.7 Å². The summed E-state index contributed by atoms with van der Waals surface area (Å²) < 4.78 is 0. The van der Waals surface area contributed by atoms with E-state index in [1.54, 1.807) is 0 Å². The van der Waals surface area contributed by atoms with E-state index in [9.17, 15) is 0 Å². The van der Waals surface area contributed by atoms with Gasteiger partial charge in [-0.2, -0.15) is 0 Å². The number of thioether (sulfide) groups is 1. The Labute approximate surface area is 84.7 Å². The zero-order valence-corrected chi connectivity index (χ0v) is 9.16. The minimum absolute atomic E-state index is 0.647. The van der Waals surface area contributed by atoms with Crippen molar-refractivity contribution < 1.29 is 0 Å². The van der Waals surface area contributed by atoms with E-state index in [2.05, 4.69) is 32.0 Å². The fraction of sp³-hybridized carbons (Fsp3) is 0.455. The van der Waals surface area contributed by atoms with Gasteiger partial charge in [0.25, 0.3) is 0 Å². The lowest BCUT2D eigenvalue weighted by Crippen LogP contribution is -1.99. The molecule has 0 fully saturated rings. The third kappa shape index (κ3) is 2.75. The van der Waals surface area contributed by atoms with Crippen LogP contribution in [0.3, 0.4) is 0 Å². The van der Waals surface area contributed by atoms with Crippen LogP contribution < -0.4 is 5.73 Å². The summed E-state index contributed by atoms with van der Waals surface area (Å²) in [5, 5.41) is 0. The number of nitrogens with two attached hydrogens (primary N) is 1. The summed E-state index contributed by atoms with van der Waals surface area (Å²) in [4.78, 5) is 1.38. The van der Waals surface area contributed by atoms with Crippen LogP contribution >= 0.6 is 11.8 Å². The van der Waals surface area contributed by atoms with Gasteiger partial charge < -0.3 is 5.73 Å². The first-order chi connectivity index (χ1) is 6.29. The van der Waals surface area contributed by atoms with Gasteiger partial charge in [0.15, 0.2) is 0 Å². The number of benzene rings is 1. The highest BCUT2D eigenvalue weighted by molar-refractivity contribution is 7.99. The smallest absolute Gasteiger partial charge is 0.0189 e. The summed E-state index contributed by atoms with van der Waals surface area (Å²) in [6.45, 7) is 5.00. The molecular formula is C11H17NS. The zero-order valence-electron chi connectivity index (χ0n) is 8.34. The molecule has 0 aliphatic heterocycles. The Bertz CT molecular complexity index is 271. The van der Waals surface area contributed by atoms with Crippen LogP contribution in [0.5, 0.6) is 0 Å². The monoisotopic (exact) mass is 195 g/mol. The number of rotatable bonds is 4. The quantitative estimate of drug-likeness (QED) is 0.747. The van der Waals surface area contributed by atoms with Crippen molar-refractivity contribution >= 4 is 11.8 Å². The average Bonchev–Trinajstić information content (AvgIpc) is 2.15. The van der Waals surface area contributed by atoms with E-state index in [-0.39, 0.29) is 0 Å². The van der Waals surface area contributed by atoms with Crippen LogP contribution in [-0.2, 0) is 6.54 Å². The van der Waals surface area contributed by atoms with Gasteiger partial charge in [-0.1, -0.05) is 25.1 Å². The van der Waals surface area contributed by atoms with Crippen LogP contribution in [-0.4, -0.2) is 5.75 Å². The molecular weight excluding hydrogens is 178 g/mol. The standard InChI is InChI=1S/C11H17NS/c1-3-7-13-11-9(2)5-4-6-10(11)8-12/h4-6H,3,7-8,12H2,1-2H3. The molecule has 0 aliphatic rings. The lowest BCUT2D eigenvalue weighted by atomic mass is 10.1. The van der Waals surface area contributed by atoms with E-state index < -0.39 is 0 Å². The molecule has 0 unspecified atom stereocenters. The van der Waals surface area contributed by atoms with Gasteiger partial charge in [-0.3, -0.25) is 0 Å². The maximum Gasteiger partial charge on any atom is 0.0189 e. The van der Waals surface area contributed by atoms with Crippen LogP contribution in [0.1, 0.15) is 24.5 Å². The van der Waals surface area contributed by atoms with Crippen molar-refractivity contribution in [2.24, 2.45) is 5.73 Å². The SMILES string of the molecule is CCCSc1c(C)cccc1CN. The summed E-state index contributed by atoms with van der Waals surface area (Å²) in [5.74, 6) is 1.18. The first-order valence-corrected chi connectivity index (χ1v) is 5.69. The molecule has 1 nitrogen and oxygen atoms in total. The van der Waals surface area contributed by atoms with Crippen LogP contribution in [0.2, 0.25) is 0 Å². The highest BCUT2D eigenvalue weighted by atomic mass is 32.2. The minimum Gasteiger partial charge on any atom is -0.326 e. The van der Waals surface area contributed by atoms with E-state index in [1.807, 2.05) is 11.8 Å². The summed E-state index contributed by atoms with van der Waals surface area (Å²) >= 11 is 1.92. The largest absolute Gasteiger partial charge is 0.326 e. The third-order valence-corrected chi connectivity index (χ3v) is 3.45. The predicted octanol–water partition coefficient (Wildman–Crippen LogP) is 2.96. The maximum atomic E-state index is 5.68. The van der Waals surface area contributed by atoms with Crippen molar-refractivity contribution in [3.8, 4) is 0 Å². The van der Waals surface area contributed by atoms with Crippen LogP contribution in [0.25, 0.3) is 0 Å². The summed E-state index contributed by atoms with van der Waals surface area (Å²) in [5.41, 5.74) is 8.30. The number of aryl methyl sites for hydroxylation is 1. The molecule has 0 heterocycles. The van der Waals surface area contributed by atoms with E-state index in [1.165, 1.54) is 28.2 Å². The zero-order chi connectivity index (χ0) is 9.68. The molecule has 1 aromatic rings. The van der Waals surface area contributed by atoms with E-state index >= 15 is 0 Å². The fourth-order valence-electron chi connectivity index (χ4n) is 1.28. The highest BCUT2D eigenvalue weighted by Gasteiger charge is 2.03. The lowest BCUT2D eigenvalue weighted by molar-refractivity contribution is 1.01. The molecule has 2 heteroatoms. The molecule has 0 radical (unpaired) electrons. The second kappa shape index (κ2) is 5.30. The Hall–Kier alpha value is -0.470. The second-order valence-electron chi connectivity index (χ2n) is 3.12. The van der Waals surface area contributed by atoms with Gasteiger partial charge in [0.2, 0.25) is 0 Å². The van der Waals surface area contributed by atoms with Crippen molar-refractivity contribution in [1.29, 1.82) is 0 Å². The van der Waals surface area contributed by atoms with E-state index in [0.717, 1.165) is 0 Å².